The summed E-state index contributed by atoms with van der Waals surface area (Å²) in [4.78, 5) is 23.2. The zero-order chi connectivity index (χ0) is 15.7. The summed E-state index contributed by atoms with van der Waals surface area (Å²) in [5, 5.41) is 4.39. The molecule has 0 aromatic carbocycles. The van der Waals surface area contributed by atoms with Crippen LogP contribution in [0.2, 0.25) is 0 Å². The van der Waals surface area contributed by atoms with E-state index < -0.39 is 0 Å². The van der Waals surface area contributed by atoms with Crippen LogP contribution in [0.5, 0.6) is 0 Å². The maximum atomic E-state index is 12.8. The highest BCUT2D eigenvalue weighted by Crippen LogP contribution is 2.31. The molecule has 2 aromatic heterocycles. The van der Waals surface area contributed by atoms with Crippen LogP contribution in [0.4, 0.5) is 0 Å². The number of aromatic nitrogens is 4. The highest BCUT2D eigenvalue weighted by molar-refractivity contribution is 5.80. The van der Waals surface area contributed by atoms with Crippen molar-refractivity contribution in [1.82, 2.24) is 24.6 Å². The van der Waals surface area contributed by atoms with Crippen molar-refractivity contribution in [3.63, 3.8) is 0 Å². The SMILES string of the molecule is Cc1nn(C)c(C)c1CC(=O)N1CCC[C@@H]1c1cnccn1. The lowest BCUT2D eigenvalue weighted by atomic mass is 10.1. The van der Waals surface area contributed by atoms with Gasteiger partial charge in [0.05, 0.1) is 30.0 Å². The predicted octanol–water partition coefficient (Wildman–Crippen LogP) is 1.73. The quantitative estimate of drug-likeness (QED) is 0.866. The van der Waals surface area contributed by atoms with Gasteiger partial charge in [-0.1, -0.05) is 0 Å². The average Bonchev–Trinajstić information content (AvgIpc) is 3.09. The van der Waals surface area contributed by atoms with Gasteiger partial charge in [0.25, 0.3) is 0 Å². The molecule has 116 valence electrons. The van der Waals surface area contributed by atoms with E-state index in [1.54, 1.807) is 18.6 Å². The van der Waals surface area contributed by atoms with Gasteiger partial charge in [-0.25, -0.2) is 0 Å². The van der Waals surface area contributed by atoms with Crippen LogP contribution in [0.15, 0.2) is 18.6 Å². The number of aryl methyl sites for hydroxylation is 2. The third-order valence-electron chi connectivity index (χ3n) is 4.48. The van der Waals surface area contributed by atoms with Gasteiger partial charge in [-0.05, 0) is 26.7 Å². The van der Waals surface area contributed by atoms with Gasteiger partial charge >= 0.3 is 0 Å². The minimum Gasteiger partial charge on any atom is -0.334 e. The van der Waals surface area contributed by atoms with Gasteiger partial charge in [-0.3, -0.25) is 19.4 Å². The fourth-order valence-corrected chi connectivity index (χ4v) is 3.18. The molecule has 0 spiro atoms. The first-order valence-corrected chi connectivity index (χ1v) is 7.62. The van der Waals surface area contributed by atoms with Gasteiger partial charge in [-0.15, -0.1) is 0 Å². The van der Waals surface area contributed by atoms with Gasteiger partial charge in [0.1, 0.15) is 0 Å². The second kappa shape index (κ2) is 5.87. The van der Waals surface area contributed by atoms with Gasteiger partial charge in [-0.2, -0.15) is 5.10 Å². The van der Waals surface area contributed by atoms with Crippen molar-refractivity contribution in [3.8, 4) is 0 Å². The lowest BCUT2D eigenvalue weighted by Gasteiger charge is -2.24. The van der Waals surface area contributed by atoms with E-state index >= 15 is 0 Å². The molecule has 0 N–H and O–H groups in total. The van der Waals surface area contributed by atoms with E-state index in [2.05, 4.69) is 15.1 Å². The summed E-state index contributed by atoms with van der Waals surface area (Å²) in [5.74, 6) is 0.146. The first-order chi connectivity index (χ1) is 10.6. The van der Waals surface area contributed by atoms with Crippen LogP contribution in [0.1, 0.15) is 41.5 Å². The second-order valence-electron chi connectivity index (χ2n) is 5.83. The van der Waals surface area contributed by atoms with Crippen LogP contribution < -0.4 is 0 Å². The molecule has 2 aromatic rings. The molecule has 1 amide bonds. The van der Waals surface area contributed by atoms with Crippen LogP contribution in [0, 0.1) is 13.8 Å². The Kier molecular flexibility index (Phi) is 3.92. The molecule has 1 aliphatic heterocycles. The first-order valence-electron chi connectivity index (χ1n) is 7.62. The summed E-state index contributed by atoms with van der Waals surface area (Å²) < 4.78 is 1.84. The van der Waals surface area contributed by atoms with Gasteiger partial charge in [0.2, 0.25) is 5.91 Å². The molecule has 1 atom stereocenters. The summed E-state index contributed by atoms with van der Waals surface area (Å²) in [6, 6.07) is 0.0542. The summed E-state index contributed by atoms with van der Waals surface area (Å²) in [5.41, 5.74) is 3.91. The number of nitrogens with zero attached hydrogens (tertiary/aromatic N) is 5. The van der Waals surface area contributed by atoms with E-state index in [0.717, 1.165) is 42.0 Å². The van der Waals surface area contributed by atoms with Crippen molar-refractivity contribution in [2.45, 2.75) is 39.2 Å². The zero-order valence-corrected chi connectivity index (χ0v) is 13.3. The fourth-order valence-electron chi connectivity index (χ4n) is 3.18. The molecule has 22 heavy (non-hydrogen) atoms. The Morgan fingerprint density at radius 1 is 1.36 bits per heavy atom. The lowest BCUT2D eigenvalue weighted by Crippen LogP contribution is -2.32. The summed E-state index contributed by atoms with van der Waals surface area (Å²) in [7, 11) is 1.91. The largest absolute Gasteiger partial charge is 0.334 e. The molecule has 6 nitrogen and oxygen atoms in total. The Hall–Kier alpha value is -2.24. The van der Waals surface area contributed by atoms with Crippen LogP contribution in [-0.4, -0.2) is 37.1 Å². The molecule has 1 fully saturated rings. The van der Waals surface area contributed by atoms with Gasteiger partial charge in [0.15, 0.2) is 0 Å². The molecule has 0 saturated carbocycles. The number of likely N-dealkylation sites (tertiary alicyclic amines) is 1. The third-order valence-corrected chi connectivity index (χ3v) is 4.48. The highest BCUT2D eigenvalue weighted by atomic mass is 16.2. The Balaban J connectivity index is 1.79. The van der Waals surface area contributed by atoms with Gasteiger partial charge in [0, 0.05) is 37.2 Å². The number of amides is 1. The molecule has 1 aliphatic rings. The van der Waals surface area contributed by atoms with Crippen molar-refractivity contribution < 1.29 is 4.79 Å². The van der Waals surface area contributed by atoms with Crippen molar-refractivity contribution in [3.05, 3.63) is 41.2 Å². The molecule has 1 saturated heterocycles. The van der Waals surface area contributed by atoms with Crippen LogP contribution in [0.3, 0.4) is 0 Å². The third kappa shape index (κ3) is 2.61. The second-order valence-corrected chi connectivity index (χ2v) is 5.83. The molecule has 3 heterocycles. The van der Waals surface area contributed by atoms with Crippen molar-refractivity contribution in [1.29, 1.82) is 0 Å². The summed E-state index contributed by atoms with van der Waals surface area (Å²) in [6.45, 7) is 4.75. The normalized spacial score (nSPS) is 18.0. The summed E-state index contributed by atoms with van der Waals surface area (Å²) >= 11 is 0. The lowest BCUT2D eigenvalue weighted by molar-refractivity contribution is -0.131. The molecule has 3 rings (SSSR count). The molecule has 6 heteroatoms. The zero-order valence-electron chi connectivity index (χ0n) is 13.3. The van der Waals surface area contributed by atoms with Crippen molar-refractivity contribution in [2.24, 2.45) is 7.05 Å². The van der Waals surface area contributed by atoms with Crippen LogP contribution >= 0.6 is 0 Å². The topological polar surface area (TPSA) is 63.9 Å². The Morgan fingerprint density at radius 3 is 2.82 bits per heavy atom. The molecule has 0 aliphatic carbocycles. The minimum atomic E-state index is 0.0542. The van der Waals surface area contributed by atoms with E-state index in [9.17, 15) is 4.79 Å². The highest BCUT2D eigenvalue weighted by Gasteiger charge is 2.31. The average molecular weight is 299 g/mol. The number of carbonyl (C=O) groups is 1. The molecule has 0 radical (unpaired) electrons. The predicted molar refractivity (Wildman–Crippen MR) is 82.1 cm³/mol. The first kappa shape index (κ1) is 14.7. The Labute approximate surface area is 130 Å². The van der Waals surface area contributed by atoms with Crippen LogP contribution in [-0.2, 0) is 18.3 Å². The smallest absolute Gasteiger partial charge is 0.227 e. The van der Waals surface area contributed by atoms with Crippen molar-refractivity contribution >= 4 is 5.91 Å². The Morgan fingerprint density at radius 2 is 2.18 bits per heavy atom. The van der Waals surface area contributed by atoms with E-state index in [4.69, 9.17) is 0 Å². The molecular weight excluding hydrogens is 278 g/mol. The molecular formula is C16H21N5O. The standard InChI is InChI=1S/C16H21N5O/c1-11-13(12(2)20(3)19-11)9-16(22)21-8-4-5-15(21)14-10-17-6-7-18-14/h6-7,10,15H,4-5,8-9H2,1-3H3/t15-/m1/s1. The number of hydrogen-bond acceptors (Lipinski definition) is 4. The minimum absolute atomic E-state index is 0.0542. The van der Waals surface area contributed by atoms with Crippen molar-refractivity contribution in [2.75, 3.05) is 6.54 Å². The van der Waals surface area contributed by atoms with Crippen LogP contribution in [0.25, 0.3) is 0 Å². The van der Waals surface area contributed by atoms with E-state index in [-0.39, 0.29) is 11.9 Å². The van der Waals surface area contributed by atoms with E-state index in [1.807, 2.05) is 30.5 Å². The monoisotopic (exact) mass is 299 g/mol. The van der Waals surface area contributed by atoms with E-state index in [0.29, 0.717) is 6.42 Å². The number of hydrogen-bond donors (Lipinski definition) is 0. The maximum Gasteiger partial charge on any atom is 0.227 e. The molecule has 0 bridgehead atoms. The fraction of sp³-hybridized carbons (Fsp3) is 0.500. The van der Waals surface area contributed by atoms with Gasteiger partial charge < -0.3 is 4.90 Å². The van der Waals surface area contributed by atoms with E-state index in [1.165, 1.54) is 0 Å². The Bertz CT molecular complexity index is 679. The number of carbonyl (C=O) groups excluding carboxylic acids is 1. The molecule has 0 unspecified atom stereocenters. The maximum absolute atomic E-state index is 12.8. The number of rotatable bonds is 3. The summed E-state index contributed by atoms with van der Waals surface area (Å²) in [6.07, 6.45) is 7.48.